The molecule has 8 nitrogen and oxygen atoms in total. The first-order valence-corrected chi connectivity index (χ1v) is 9.80. The van der Waals surface area contributed by atoms with Gasteiger partial charge in [-0.15, -0.1) is 0 Å². The Balaban J connectivity index is 2.25. The van der Waals surface area contributed by atoms with Gasteiger partial charge in [0.15, 0.2) is 11.6 Å². The van der Waals surface area contributed by atoms with E-state index >= 15 is 0 Å². The van der Waals surface area contributed by atoms with Crippen LogP contribution >= 0.6 is 0 Å². The predicted molar refractivity (Wildman–Crippen MR) is 115 cm³/mol. The monoisotopic (exact) mass is 430 g/mol. The van der Waals surface area contributed by atoms with E-state index in [1.807, 2.05) is 12.1 Å². The first kappa shape index (κ1) is 22.4. The highest BCUT2D eigenvalue weighted by Gasteiger charge is 2.36. The van der Waals surface area contributed by atoms with E-state index in [0.29, 0.717) is 33.8 Å². The third-order valence-electron chi connectivity index (χ3n) is 5.55. The van der Waals surface area contributed by atoms with Gasteiger partial charge in [0.05, 0.1) is 11.8 Å². The zero-order valence-electron chi connectivity index (χ0n) is 18.1. The number of hydrogen-bond donors (Lipinski definition) is 2. The number of nitrogens with zero attached hydrogens (tertiary/aromatic N) is 2. The standard InChI is InChI=1S/C24H22N4O4/c1-11(29)19-13(3)31-23(27)17(9-25)21(19)15-6-5-7-16(8-15)22-18(10-26)24(28)32-14(4)20(22)12(2)30/h5-8,21-22H,27-28H2,1-4H3/t21-,22-/m1/s1. The molecule has 0 unspecified atom stereocenters. The van der Waals surface area contributed by atoms with Crippen molar-refractivity contribution < 1.29 is 19.1 Å². The van der Waals surface area contributed by atoms with Crippen LogP contribution in [0.25, 0.3) is 0 Å². The molecule has 2 aliphatic heterocycles. The van der Waals surface area contributed by atoms with Gasteiger partial charge in [0.2, 0.25) is 11.8 Å². The number of nitrogens with two attached hydrogens (primary N) is 2. The Hall–Kier alpha value is -4.30. The van der Waals surface area contributed by atoms with Crippen LogP contribution in [0.2, 0.25) is 0 Å². The average molecular weight is 430 g/mol. The second-order valence-electron chi connectivity index (χ2n) is 7.57. The molecule has 2 heterocycles. The van der Waals surface area contributed by atoms with Gasteiger partial charge in [-0.2, -0.15) is 10.5 Å². The van der Waals surface area contributed by atoms with Gasteiger partial charge >= 0.3 is 0 Å². The van der Waals surface area contributed by atoms with Crippen molar-refractivity contribution in [2.24, 2.45) is 11.5 Å². The minimum atomic E-state index is -0.747. The number of hydrogen-bond acceptors (Lipinski definition) is 8. The Morgan fingerprint density at radius 1 is 0.844 bits per heavy atom. The number of benzene rings is 1. The van der Waals surface area contributed by atoms with Crippen LogP contribution in [0.1, 0.15) is 50.7 Å². The molecule has 0 saturated carbocycles. The summed E-state index contributed by atoms with van der Waals surface area (Å²) in [5, 5.41) is 19.4. The van der Waals surface area contributed by atoms with E-state index in [2.05, 4.69) is 0 Å². The third kappa shape index (κ3) is 3.63. The van der Waals surface area contributed by atoms with Crippen molar-refractivity contribution in [3.8, 4) is 12.1 Å². The molecule has 2 atom stereocenters. The molecule has 162 valence electrons. The van der Waals surface area contributed by atoms with Crippen LogP contribution < -0.4 is 11.5 Å². The van der Waals surface area contributed by atoms with Crippen molar-refractivity contribution in [3.63, 3.8) is 0 Å². The van der Waals surface area contributed by atoms with Crippen LogP contribution in [-0.4, -0.2) is 11.6 Å². The van der Waals surface area contributed by atoms with E-state index in [1.165, 1.54) is 13.8 Å². The van der Waals surface area contributed by atoms with Crippen LogP contribution in [-0.2, 0) is 19.1 Å². The lowest BCUT2D eigenvalue weighted by molar-refractivity contribution is -0.114. The molecule has 0 aliphatic carbocycles. The van der Waals surface area contributed by atoms with Crippen molar-refractivity contribution >= 4 is 11.6 Å². The van der Waals surface area contributed by atoms with Gasteiger partial charge in [0.25, 0.3) is 0 Å². The van der Waals surface area contributed by atoms with E-state index < -0.39 is 11.8 Å². The largest absolute Gasteiger partial charge is 0.445 e. The highest BCUT2D eigenvalue weighted by molar-refractivity contribution is 5.97. The molecule has 4 N–H and O–H groups in total. The normalized spacial score (nSPS) is 20.9. The van der Waals surface area contributed by atoms with Gasteiger partial charge in [-0.1, -0.05) is 24.3 Å². The van der Waals surface area contributed by atoms with Crippen LogP contribution in [0.15, 0.2) is 69.8 Å². The topological polar surface area (TPSA) is 152 Å². The lowest BCUT2D eigenvalue weighted by Crippen LogP contribution is -2.25. The number of nitriles is 2. The fourth-order valence-electron chi connectivity index (χ4n) is 4.26. The number of Topliss-reactive ketones (excluding diaryl/α,β-unsaturated/α-hetero) is 2. The average Bonchev–Trinajstić information content (AvgIpc) is 2.72. The maximum absolute atomic E-state index is 12.4. The van der Waals surface area contributed by atoms with Crippen LogP contribution in [0, 0.1) is 22.7 Å². The van der Waals surface area contributed by atoms with Crippen LogP contribution in [0.5, 0.6) is 0 Å². The fraction of sp³-hybridized carbons (Fsp3) is 0.250. The highest BCUT2D eigenvalue weighted by atomic mass is 16.5. The summed E-state index contributed by atoms with van der Waals surface area (Å²) in [6.45, 7) is 6.02. The molecular formula is C24H22N4O4. The zero-order chi connectivity index (χ0) is 23.7. The minimum Gasteiger partial charge on any atom is -0.445 e. The lowest BCUT2D eigenvalue weighted by Gasteiger charge is -2.29. The fourth-order valence-corrected chi connectivity index (χ4v) is 4.26. The molecule has 3 rings (SSSR count). The molecule has 0 fully saturated rings. The van der Waals surface area contributed by atoms with Gasteiger partial charge in [-0.05, 0) is 38.8 Å². The molecule has 0 saturated heterocycles. The Bertz CT molecular complexity index is 1160. The first-order chi connectivity index (χ1) is 15.1. The highest BCUT2D eigenvalue weighted by Crippen LogP contribution is 2.43. The molecule has 0 amide bonds. The third-order valence-corrected chi connectivity index (χ3v) is 5.55. The number of carbonyl (C=O) groups excluding carboxylic acids is 2. The van der Waals surface area contributed by atoms with Crippen molar-refractivity contribution in [1.29, 1.82) is 10.5 Å². The Morgan fingerprint density at radius 2 is 1.22 bits per heavy atom. The maximum atomic E-state index is 12.4. The van der Waals surface area contributed by atoms with E-state index in [0.717, 1.165) is 0 Å². The summed E-state index contributed by atoms with van der Waals surface area (Å²) in [6, 6.07) is 11.1. The molecule has 2 aliphatic rings. The molecule has 0 bridgehead atoms. The Morgan fingerprint density at radius 3 is 1.53 bits per heavy atom. The summed E-state index contributed by atoms with van der Waals surface area (Å²) in [5.74, 6) is -1.52. The Kier molecular flexibility index (Phi) is 5.91. The Labute approximate surface area is 185 Å². The molecule has 0 aromatic heterocycles. The number of rotatable bonds is 4. The van der Waals surface area contributed by atoms with Crippen LogP contribution in [0.3, 0.4) is 0 Å². The maximum Gasteiger partial charge on any atom is 0.205 e. The number of allylic oxidation sites excluding steroid dienone is 6. The van der Waals surface area contributed by atoms with Crippen molar-refractivity contribution in [2.45, 2.75) is 39.5 Å². The second kappa shape index (κ2) is 8.44. The van der Waals surface area contributed by atoms with E-state index in [9.17, 15) is 20.1 Å². The smallest absolute Gasteiger partial charge is 0.205 e. The number of carbonyl (C=O) groups is 2. The van der Waals surface area contributed by atoms with Gasteiger partial charge in [0.1, 0.15) is 34.8 Å². The number of ether oxygens (including phenoxy) is 2. The summed E-state index contributed by atoms with van der Waals surface area (Å²) < 4.78 is 10.9. The molecular weight excluding hydrogens is 408 g/mol. The minimum absolute atomic E-state index is 0.0708. The predicted octanol–water partition coefficient (Wildman–Crippen LogP) is 3.03. The molecule has 0 spiro atoms. The van der Waals surface area contributed by atoms with Crippen LogP contribution in [0.4, 0.5) is 0 Å². The van der Waals surface area contributed by atoms with Crippen molar-refractivity contribution in [3.05, 3.63) is 81.0 Å². The van der Waals surface area contributed by atoms with Crippen molar-refractivity contribution in [1.82, 2.24) is 0 Å². The second-order valence-corrected chi connectivity index (χ2v) is 7.57. The molecule has 8 heteroatoms. The molecule has 1 aromatic carbocycles. The van der Waals surface area contributed by atoms with Gasteiger partial charge in [-0.3, -0.25) is 9.59 Å². The molecule has 32 heavy (non-hydrogen) atoms. The zero-order valence-corrected chi connectivity index (χ0v) is 18.1. The first-order valence-electron chi connectivity index (χ1n) is 9.80. The summed E-state index contributed by atoms with van der Waals surface area (Å²) in [7, 11) is 0. The van der Waals surface area contributed by atoms with E-state index in [1.54, 1.807) is 38.1 Å². The SMILES string of the molecule is CC(=O)C1=C(C)OC(N)=C(C#N)[C@H]1c1cccc([C@@H]2C(C#N)=C(N)OC(C)=C2C(C)=O)c1. The number of ketones is 2. The van der Waals surface area contributed by atoms with E-state index in [-0.39, 0.29) is 34.5 Å². The van der Waals surface area contributed by atoms with Gasteiger partial charge < -0.3 is 20.9 Å². The summed E-state index contributed by atoms with van der Waals surface area (Å²) >= 11 is 0. The van der Waals surface area contributed by atoms with Gasteiger partial charge in [0, 0.05) is 11.1 Å². The van der Waals surface area contributed by atoms with Crippen molar-refractivity contribution in [2.75, 3.05) is 0 Å². The summed E-state index contributed by atoms with van der Waals surface area (Å²) in [6.07, 6.45) is 0. The lowest BCUT2D eigenvalue weighted by atomic mass is 9.77. The molecule has 1 aromatic rings. The van der Waals surface area contributed by atoms with Gasteiger partial charge in [-0.25, -0.2) is 0 Å². The quantitative estimate of drug-likeness (QED) is 0.739. The van der Waals surface area contributed by atoms with E-state index in [4.69, 9.17) is 20.9 Å². The molecule has 0 radical (unpaired) electrons. The summed E-state index contributed by atoms with van der Waals surface area (Å²) in [5.41, 5.74) is 13.9. The summed E-state index contributed by atoms with van der Waals surface area (Å²) in [4.78, 5) is 24.9.